The number of nitrogens with one attached hydrogen (secondary N) is 1. The number of sulfonamides is 1. The fourth-order valence-electron chi connectivity index (χ4n) is 5.12. The summed E-state index contributed by atoms with van der Waals surface area (Å²) in [6, 6.07) is 21.8. The van der Waals surface area contributed by atoms with Gasteiger partial charge in [0, 0.05) is 38.5 Å². The summed E-state index contributed by atoms with van der Waals surface area (Å²) in [6.07, 6.45) is 2.61. The maximum atomic E-state index is 13.9. The third kappa shape index (κ3) is 8.97. The second-order valence-electron chi connectivity index (χ2n) is 10.8. The molecule has 2 amide bonds. The highest BCUT2D eigenvalue weighted by molar-refractivity contribution is 7.92. The van der Waals surface area contributed by atoms with Crippen molar-refractivity contribution < 1.29 is 27.5 Å². The lowest BCUT2D eigenvalue weighted by Gasteiger charge is -2.32. The lowest BCUT2D eigenvalue weighted by Crippen LogP contribution is -2.50. The molecule has 10 heteroatoms. The van der Waals surface area contributed by atoms with Gasteiger partial charge in [0.2, 0.25) is 21.8 Å². The van der Waals surface area contributed by atoms with Crippen LogP contribution < -0.4 is 19.1 Å². The minimum atomic E-state index is -3.65. The van der Waals surface area contributed by atoms with E-state index in [0.717, 1.165) is 29.4 Å². The average molecular weight is 608 g/mol. The summed E-state index contributed by atoms with van der Waals surface area (Å²) in [7, 11) is -3.65. The zero-order valence-electron chi connectivity index (χ0n) is 25.1. The Bertz CT molecular complexity index is 1500. The van der Waals surface area contributed by atoms with Gasteiger partial charge in [0.25, 0.3) is 0 Å². The Hall–Kier alpha value is -4.05. The molecule has 1 atom stereocenters. The second-order valence-corrected chi connectivity index (χ2v) is 12.7. The van der Waals surface area contributed by atoms with Crippen LogP contribution in [0, 0.1) is 6.92 Å². The number of aryl methyl sites for hydroxylation is 1. The van der Waals surface area contributed by atoms with E-state index >= 15 is 0 Å². The van der Waals surface area contributed by atoms with Crippen molar-refractivity contribution in [3.63, 3.8) is 0 Å². The van der Waals surface area contributed by atoms with Gasteiger partial charge in [-0.25, -0.2) is 8.42 Å². The van der Waals surface area contributed by atoms with Gasteiger partial charge in [-0.05, 0) is 43.0 Å². The second kappa shape index (κ2) is 14.9. The molecule has 9 nitrogen and oxygen atoms in total. The third-order valence-corrected chi connectivity index (χ3v) is 8.42. The van der Waals surface area contributed by atoms with Crippen LogP contribution in [-0.4, -0.2) is 63.7 Å². The summed E-state index contributed by atoms with van der Waals surface area (Å²) < 4.78 is 38.1. The molecule has 0 aromatic heterocycles. The molecular weight excluding hydrogens is 566 g/mol. The Morgan fingerprint density at radius 1 is 0.930 bits per heavy atom. The first kappa shape index (κ1) is 31.9. The highest BCUT2D eigenvalue weighted by atomic mass is 32.2. The molecule has 3 aromatic carbocycles. The summed E-state index contributed by atoms with van der Waals surface area (Å²) in [6.45, 7) is 5.65. The van der Waals surface area contributed by atoms with Crippen molar-refractivity contribution in [2.45, 2.75) is 52.1 Å². The molecule has 3 aromatic rings. The fraction of sp³-hybridized carbons (Fsp3) is 0.394. The Labute approximate surface area is 254 Å². The van der Waals surface area contributed by atoms with Crippen LogP contribution in [0.25, 0.3) is 0 Å². The molecule has 0 radical (unpaired) electrons. The summed E-state index contributed by atoms with van der Waals surface area (Å²) in [5, 5.41) is 2.98. The monoisotopic (exact) mass is 607 g/mol. The van der Waals surface area contributed by atoms with Gasteiger partial charge in [-0.3, -0.25) is 13.9 Å². The molecule has 4 rings (SSSR count). The van der Waals surface area contributed by atoms with Crippen molar-refractivity contribution in [2.75, 3.05) is 36.9 Å². The number of hydrogen-bond donors (Lipinski definition) is 1. The van der Waals surface area contributed by atoms with Crippen LogP contribution in [0.15, 0.2) is 72.8 Å². The third-order valence-electron chi connectivity index (χ3n) is 7.22. The van der Waals surface area contributed by atoms with Crippen LogP contribution in [0.1, 0.15) is 42.9 Å². The minimum absolute atomic E-state index is 0.0642. The summed E-state index contributed by atoms with van der Waals surface area (Å²) >= 11 is 0. The standard InChI is InChI=1S/C33H41N3O6S/c1-4-17-34-33(38)29(22-26-11-6-5-7-12-26)35(24-27-13-8-10-25(2)21-27)32(37)14-9-18-36(43(3,39)40)28-15-16-30-31(23-28)42-20-19-41-30/h5-8,10-13,15-16,21,23,29H,4,9,14,17-20,22,24H2,1-3H3,(H,34,38)/t29-/m0/s1. The molecule has 0 bridgehead atoms. The maximum Gasteiger partial charge on any atom is 0.243 e. The topological polar surface area (TPSA) is 105 Å². The van der Waals surface area contributed by atoms with Gasteiger partial charge < -0.3 is 19.7 Å². The number of benzene rings is 3. The number of nitrogens with zero attached hydrogens (tertiary/aromatic N) is 2. The van der Waals surface area contributed by atoms with Crippen LogP contribution in [0.2, 0.25) is 0 Å². The highest BCUT2D eigenvalue weighted by Gasteiger charge is 2.30. The Balaban J connectivity index is 1.56. The van der Waals surface area contributed by atoms with E-state index in [0.29, 0.717) is 43.4 Å². The fourth-order valence-corrected chi connectivity index (χ4v) is 6.08. The Morgan fingerprint density at radius 3 is 2.35 bits per heavy atom. The molecule has 0 aliphatic carbocycles. The first-order valence-corrected chi connectivity index (χ1v) is 16.5. The smallest absolute Gasteiger partial charge is 0.243 e. The molecule has 0 fully saturated rings. The van der Waals surface area contributed by atoms with Crippen LogP contribution in [-0.2, 0) is 32.6 Å². The summed E-state index contributed by atoms with van der Waals surface area (Å²) in [5.74, 6) is 0.626. The van der Waals surface area contributed by atoms with Gasteiger partial charge in [0.05, 0.1) is 11.9 Å². The molecule has 230 valence electrons. The van der Waals surface area contributed by atoms with E-state index in [2.05, 4.69) is 5.32 Å². The van der Waals surface area contributed by atoms with Crippen LogP contribution in [0.4, 0.5) is 5.69 Å². The number of carbonyl (C=O) groups is 2. The number of hydrogen-bond acceptors (Lipinski definition) is 6. The van der Waals surface area contributed by atoms with Crippen molar-refractivity contribution in [2.24, 2.45) is 0 Å². The number of fused-ring (bicyclic) bond motifs is 1. The first-order chi connectivity index (χ1) is 20.7. The van der Waals surface area contributed by atoms with Crippen molar-refractivity contribution in [1.29, 1.82) is 0 Å². The van der Waals surface area contributed by atoms with Crippen molar-refractivity contribution in [3.05, 3.63) is 89.5 Å². The van der Waals surface area contributed by atoms with Crippen molar-refractivity contribution in [3.8, 4) is 11.5 Å². The molecule has 1 aliphatic rings. The van der Waals surface area contributed by atoms with Gasteiger partial charge in [-0.15, -0.1) is 0 Å². The molecule has 0 saturated heterocycles. The van der Waals surface area contributed by atoms with Crippen molar-refractivity contribution >= 4 is 27.5 Å². The lowest BCUT2D eigenvalue weighted by atomic mass is 10.0. The van der Waals surface area contributed by atoms with Gasteiger partial charge >= 0.3 is 0 Å². The van der Waals surface area contributed by atoms with E-state index in [1.54, 1.807) is 23.1 Å². The lowest BCUT2D eigenvalue weighted by molar-refractivity contribution is -0.141. The van der Waals surface area contributed by atoms with Crippen molar-refractivity contribution in [1.82, 2.24) is 10.2 Å². The average Bonchev–Trinajstić information content (AvgIpc) is 2.99. The van der Waals surface area contributed by atoms with E-state index in [1.807, 2.05) is 68.4 Å². The Morgan fingerprint density at radius 2 is 1.65 bits per heavy atom. The number of ether oxygens (including phenoxy) is 2. The Kier molecular flexibility index (Phi) is 11.1. The predicted octanol–water partition coefficient (Wildman–Crippen LogP) is 4.48. The van der Waals surface area contributed by atoms with E-state index in [9.17, 15) is 18.0 Å². The number of rotatable bonds is 14. The molecule has 1 aliphatic heterocycles. The molecular formula is C33H41N3O6S. The first-order valence-electron chi connectivity index (χ1n) is 14.7. The number of amides is 2. The quantitative estimate of drug-likeness (QED) is 0.290. The molecule has 0 saturated carbocycles. The molecule has 1 heterocycles. The molecule has 0 spiro atoms. The van der Waals surface area contributed by atoms with E-state index in [4.69, 9.17) is 9.47 Å². The zero-order chi connectivity index (χ0) is 30.8. The maximum absolute atomic E-state index is 13.9. The highest BCUT2D eigenvalue weighted by Crippen LogP contribution is 2.34. The minimum Gasteiger partial charge on any atom is -0.486 e. The van der Waals surface area contributed by atoms with Crippen LogP contribution in [0.3, 0.4) is 0 Å². The van der Waals surface area contributed by atoms with Crippen LogP contribution >= 0.6 is 0 Å². The summed E-state index contributed by atoms with van der Waals surface area (Å²) in [4.78, 5) is 29.1. The normalized spacial score (nSPS) is 13.2. The van der Waals surface area contributed by atoms with Gasteiger partial charge in [0.15, 0.2) is 11.5 Å². The summed E-state index contributed by atoms with van der Waals surface area (Å²) in [5.41, 5.74) is 3.37. The number of carbonyl (C=O) groups excluding carboxylic acids is 2. The predicted molar refractivity (Wildman–Crippen MR) is 168 cm³/mol. The van der Waals surface area contributed by atoms with Gasteiger partial charge in [-0.2, -0.15) is 0 Å². The zero-order valence-corrected chi connectivity index (χ0v) is 25.9. The molecule has 43 heavy (non-hydrogen) atoms. The van der Waals surface area contributed by atoms with E-state index in [1.165, 1.54) is 4.31 Å². The van der Waals surface area contributed by atoms with Gasteiger partial charge in [-0.1, -0.05) is 67.1 Å². The van der Waals surface area contributed by atoms with Gasteiger partial charge in [0.1, 0.15) is 19.3 Å². The largest absolute Gasteiger partial charge is 0.486 e. The SMILES string of the molecule is CCCNC(=O)[C@H](Cc1ccccc1)N(Cc1cccc(C)c1)C(=O)CCCN(c1ccc2c(c1)OCCO2)S(C)(=O)=O. The van der Waals surface area contributed by atoms with E-state index < -0.39 is 16.1 Å². The molecule has 0 unspecified atom stereocenters. The van der Waals surface area contributed by atoms with Crippen LogP contribution in [0.5, 0.6) is 11.5 Å². The molecule has 1 N–H and O–H groups in total. The van der Waals surface area contributed by atoms with E-state index in [-0.39, 0.29) is 37.7 Å². The number of anilines is 1.